The SMILES string of the molecule is CC(NC(=O)C(Cc1ccc(O)cc1)NC(=O)C(N)Cc1ccc(O)cc1)C(=O)NC(Cc1cnc[nH]1)C(=O)O. The Balaban J connectivity index is 1.67. The zero-order valence-corrected chi connectivity index (χ0v) is 21.7. The van der Waals surface area contributed by atoms with Gasteiger partial charge in [0.2, 0.25) is 17.7 Å². The van der Waals surface area contributed by atoms with E-state index in [1.165, 1.54) is 43.7 Å². The third-order valence-corrected chi connectivity index (χ3v) is 6.08. The highest BCUT2D eigenvalue weighted by Crippen LogP contribution is 2.13. The van der Waals surface area contributed by atoms with Crippen LogP contribution in [-0.2, 0) is 38.4 Å². The second-order valence-electron chi connectivity index (χ2n) is 9.32. The first-order valence-electron chi connectivity index (χ1n) is 12.4. The fourth-order valence-corrected chi connectivity index (χ4v) is 3.83. The molecule has 0 aliphatic carbocycles. The van der Waals surface area contributed by atoms with Gasteiger partial charge >= 0.3 is 5.97 Å². The number of rotatable bonds is 13. The lowest BCUT2D eigenvalue weighted by atomic mass is 10.0. The summed E-state index contributed by atoms with van der Waals surface area (Å²) in [7, 11) is 0. The number of carboxylic acid groups (broad SMARTS) is 1. The Kier molecular flexibility index (Phi) is 10.2. The minimum Gasteiger partial charge on any atom is -0.508 e. The first kappa shape index (κ1) is 29.6. The number of hydrogen-bond donors (Lipinski definition) is 8. The van der Waals surface area contributed by atoms with E-state index in [2.05, 4.69) is 25.9 Å². The molecule has 1 heterocycles. The van der Waals surface area contributed by atoms with E-state index in [1.807, 2.05) is 0 Å². The summed E-state index contributed by atoms with van der Waals surface area (Å²) in [6.07, 6.45) is 2.95. The predicted molar refractivity (Wildman–Crippen MR) is 143 cm³/mol. The van der Waals surface area contributed by atoms with E-state index in [1.54, 1.807) is 24.3 Å². The largest absolute Gasteiger partial charge is 0.508 e. The monoisotopic (exact) mass is 552 g/mol. The number of hydrogen-bond acceptors (Lipinski definition) is 8. The van der Waals surface area contributed by atoms with Crippen molar-refractivity contribution in [1.29, 1.82) is 0 Å². The second kappa shape index (κ2) is 13.8. The molecule has 3 rings (SSSR count). The van der Waals surface area contributed by atoms with Gasteiger partial charge in [-0.05, 0) is 48.7 Å². The number of H-pyrrole nitrogens is 1. The number of aliphatic carboxylic acids is 1. The molecule has 3 aromatic rings. The lowest BCUT2D eigenvalue weighted by Crippen LogP contribution is -2.57. The number of carbonyl (C=O) groups excluding carboxylic acids is 3. The molecule has 0 bridgehead atoms. The molecule has 9 N–H and O–H groups in total. The first-order valence-corrected chi connectivity index (χ1v) is 12.4. The predicted octanol–water partition coefficient (Wildman–Crippen LogP) is -0.265. The molecule has 4 atom stereocenters. The van der Waals surface area contributed by atoms with Crippen LogP contribution in [0.15, 0.2) is 61.1 Å². The molecule has 13 heteroatoms. The van der Waals surface area contributed by atoms with Crippen LogP contribution in [-0.4, -0.2) is 73.1 Å². The van der Waals surface area contributed by atoms with Crippen LogP contribution in [0.4, 0.5) is 0 Å². The van der Waals surface area contributed by atoms with Gasteiger partial charge in [0, 0.05) is 24.7 Å². The van der Waals surface area contributed by atoms with Crippen LogP contribution in [0.2, 0.25) is 0 Å². The molecule has 3 amide bonds. The van der Waals surface area contributed by atoms with E-state index in [9.17, 15) is 34.5 Å². The van der Waals surface area contributed by atoms with Gasteiger partial charge in [-0.15, -0.1) is 0 Å². The lowest BCUT2D eigenvalue weighted by molar-refractivity contribution is -0.142. The van der Waals surface area contributed by atoms with Crippen molar-refractivity contribution >= 4 is 23.7 Å². The molecule has 0 saturated heterocycles. The van der Waals surface area contributed by atoms with Crippen LogP contribution < -0.4 is 21.7 Å². The summed E-state index contributed by atoms with van der Waals surface area (Å²) in [5, 5.41) is 36.1. The highest BCUT2D eigenvalue weighted by molar-refractivity contribution is 5.94. The van der Waals surface area contributed by atoms with Gasteiger partial charge in [0.15, 0.2) is 0 Å². The third kappa shape index (κ3) is 8.84. The summed E-state index contributed by atoms with van der Waals surface area (Å²) in [5.74, 6) is -3.21. The van der Waals surface area contributed by atoms with Crippen molar-refractivity contribution in [3.8, 4) is 11.5 Å². The third-order valence-electron chi connectivity index (χ3n) is 6.08. The molecule has 0 aliphatic heterocycles. The summed E-state index contributed by atoms with van der Waals surface area (Å²) < 4.78 is 0. The summed E-state index contributed by atoms with van der Waals surface area (Å²) in [4.78, 5) is 57.1. The van der Waals surface area contributed by atoms with Crippen molar-refractivity contribution in [3.63, 3.8) is 0 Å². The molecule has 0 saturated carbocycles. The van der Waals surface area contributed by atoms with E-state index in [4.69, 9.17) is 5.73 Å². The molecule has 40 heavy (non-hydrogen) atoms. The normalized spacial score (nSPS) is 13.8. The summed E-state index contributed by atoms with van der Waals surface area (Å²) >= 11 is 0. The minimum absolute atomic E-state index is 0.0235. The Morgan fingerprint density at radius 3 is 1.88 bits per heavy atom. The Labute approximate surface area is 229 Å². The number of carbonyl (C=O) groups is 4. The number of amides is 3. The standard InChI is InChI=1S/C27H32N6O7/c1-15(24(36)33-23(27(39)40)12-18-13-29-14-30-18)31-26(38)22(11-17-4-8-20(35)9-5-17)32-25(37)21(28)10-16-2-6-19(34)7-3-16/h2-9,13-15,21-23,34-35H,10-12,28H2,1H3,(H,29,30)(H,31,38)(H,32,37)(H,33,36)(H,39,40). The molecule has 4 unspecified atom stereocenters. The van der Waals surface area contributed by atoms with E-state index >= 15 is 0 Å². The number of phenolic OH excluding ortho intramolecular Hbond substituents is 2. The van der Waals surface area contributed by atoms with E-state index in [-0.39, 0.29) is 30.8 Å². The number of imidazole rings is 1. The van der Waals surface area contributed by atoms with E-state index in [0.717, 1.165) is 0 Å². The van der Waals surface area contributed by atoms with Gasteiger partial charge < -0.3 is 42.0 Å². The van der Waals surface area contributed by atoms with Gasteiger partial charge in [-0.3, -0.25) is 14.4 Å². The number of aromatic hydroxyl groups is 2. The zero-order valence-electron chi connectivity index (χ0n) is 21.7. The maximum atomic E-state index is 13.2. The second-order valence-corrected chi connectivity index (χ2v) is 9.32. The maximum absolute atomic E-state index is 13.2. The summed E-state index contributed by atoms with van der Waals surface area (Å²) in [5.41, 5.74) is 7.90. The van der Waals surface area contributed by atoms with Gasteiger partial charge in [0.05, 0.1) is 12.4 Å². The van der Waals surface area contributed by atoms with Crippen molar-refractivity contribution in [1.82, 2.24) is 25.9 Å². The van der Waals surface area contributed by atoms with Gasteiger partial charge in [-0.25, -0.2) is 9.78 Å². The fourth-order valence-electron chi connectivity index (χ4n) is 3.83. The number of phenols is 2. The fraction of sp³-hybridized carbons (Fsp3) is 0.296. The Morgan fingerprint density at radius 2 is 1.35 bits per heavy atom. The molecular formula is C27H32N6O7. The van der Waals surface area contributed by atoms with Crippen LogP contribution in [0.3, 0.4) is 0 Å². The molecule has 0 aliphatic rings. The highest BCUT2D eigenvalue weighted by atomic mass is 16.4. The molecule has 212 valence electrons. The number of nitrogens with zero attached hydrogens (tertiary/aromatic N) is 1. The van der Waals surface area contributed by atoms with Gasteiger partial charge in [-0.1, -0.05) is 24.3 Å². The number of aromatic amines is 1. The Bertz CT molecular complexity index is 1300. The highest BCUT2D eigenvalue weighted by Gasteiger charge is 2.29. The molecule has 0 spiro atoms. The topological polar surface area (TPSA) is 220 Å². The van der Waals surface area contributed by atoms with Crippen molar-refractivity contribution < 1.29 is 34.5 Å². The maximum Gasteiger partial charge on any atom is 0.326 e. The smallest absolute Gasteiger partial charge is 0.326 e. The summed E-state index contributed by atoms with van der Waals surface area (Å²) in [6.45, 7) is 1.39. The van der Waals surface area contributed by atoms with Crippen LogP contribution in [0.1, 0.15) is 23.7 Å². The average Bonchev–Trinajstić information content (AvgIpc) is 3.43. The van der Waals surface area contributed by atoms with Gasteiger partial charge in [0.1, 0.15) is 29.6 Å². The van der Waals surface area contributed by atoms with Gasteiger partial charge in [0.25, 0.3) is 0 Å². The van der Waals surface area contributed by atoms with Crippen LogP contribution in [0.25, 0.3) is 0 Å². The zero-order chi connectivity index (χ0) is 29.2. The lowest BCUT2D eigenvalue weighted by Gasteiger charge is -2.24. The summed E-state index contributed by atoms with van der Waals surface area (Å²) in [6, 6.07) is 7.67. The Hall–Kier alpha value is -4.91. The molecule has 1 aromatic heterocycles. The van der Waals surface area contributed by atoms with Crippen molar-refractivity contribution in [3.05, 3.63) is 77.9 Å². The molecule has 0 fully saturated rings. The quantitative estimate of drug-likeness (QED) is 0.140. The number of nitrogens with one attached hydrogen (secondary N) is 4. The van der Waals surface area contributed by atoms with Crippen molar-refractivity contribution in [2.75, 3.05) is 0 Å². The molecule has 0 radical (unpaired) electrons. The average molecular weight is 553 g/mol. The van der Waals surface area contributed by atoms with E-state index < -0.39 is 47.9 Å². The van der Waals surface area contributed by atoms with Gasteiger partial charge in [-0.2, -0.15) is 0 Å². The number of aromatic nitrogens is 2. The van der Waals surface area contributed by atoms with Crippen LogP contribution in [0, 0.1) is 0 Å². The number of benzene rings is 2. The number of carboxylic acids is 1. The van der Waals surface area contributed by atoms with Crippen LogP contribution in [0.5, 0.6) is 11.5 Å². The van der Waals surface area contributed by atoms with Crippen molar-refractivity contribution in [2.45, 2.75) is 50.4 Å². The molecule has 2 aromatic carbocycles. The first-order chi connectivity index (χ1) is 19.0. The number of nitrogens with two attached hydrogens (primary N) is 1. The van der Waals surface area contributed by atoms with Crippen molar-refractivity contribution in [2.24, 2.45) is 5.73 Å². The van der Waals surface area contributed by atoms with Crippen LogP contribution >= 0.6 is 0 Å². The molecular weight excluding hydrogens is 520 g/mol. The Morgan fingerprint density at radius 1 is 0.800 bits per heavy atom. The molecule has 13 nitrogen and oxygen atoms in total. The van der Waals surface area contributed by atoms with E-state index in [0.29, 0.717) is 16.8 Å². The minimum atomic E-state index is -1.27.